The van der Waals surface area contributed by atoms with Gasteiger partial charge < -0.3 is 5.32 Å². The van der Waals surface area contributed by atoms with Gasteiger partial charge >= 0.3 is 0 Å². The molecule has 0 saturated heterocycles. The van der Waals surface area contributed by atoms with Crippen LogP contribution in [0, 0.1) is 18.7 Å². The third-order valence-electron chi connectivity index (χ3n) is 4.49. The summed E-state index contributed by atoms with van der Waals surface area (Å²) in [7, 11) is 0. The molecule has 2 atom stereocenters. The van der Waals surface area contributed by atoms with Crippen molar-refractivity contribution in [1.29, 1.82) is 0 Å². The van der Waals surface area contributed by atoms with Gasteiger partial charge in [-0.1, -0.05) is 32.3 Å². The summed E-state index contributed by atoms with van der Waals surface area (Å²) < 4.78 is 13.0. The summed E-state index contributed by atoms with van der Waals surface area (Å²) in [5.41, 5.74) is 2.33. The predicted molar refractivity (Wildman–Crippen MR) is 78.9 cm³/mol. The molecule has 0 spiro atoms. The van der Waals surface area contributed by atoms with E-state index < -0.39 is 0 Å². The Hall–Kier alpha value is -0.890. The molecule has 0 amide bonds. The molecule has 1 nitrogen and oxygen atoms in total. The van der Waals surface area contributed by atoms with E-state index in [0.717, 1.165) is 24.4 Å². The summed E-state index contributed by atoms with van der Waals surface area (Å²) in [5, 5.41) is 3.68. The zero-order valence-corrected chi connectivity index (χ0v) is 12.2. The first kappa shape index (κ1) is 14.5. The standard InChI is InChI=1S/C17H26FN/c1-3-14-5-4-6-17(12-14)19-10-9-15-7-8-16(18)11-13(15)2/h7-8,11,14,17,19H,3-6,9-10,12H2,1-2H3. The lowest BCUT2D eigenvalue weighted by Gasteiger charge is -2.29. The lowest BCUT2D eigenvalue weighted by atomic mass is 9.84. The van der Waals surface area contributed by atoms with Crippen molar-refractivity contribution in [3.63, 3.8) is 0 Å². The summed E-state index contributed by atoms with van der Waals surface area (Å²) in [5.74, 6) is 0.783. The van der Waals surface area contributed by atoms with Gasteiger partial charge in [0.2, 0.25) is 0 Å². The molecule has 2 rings (SSSR count). The molecule has 2 unspecified atom stereocenters. The summed E-state index contributed by atoms with van der Waals surface area (Å²) in [6, 6.07) is 5.81. The first-order valence-corrected chi connectivity index (χ1v) is 7.67. The number of aryl methyl sites for hydroxylation is 1. The Bertz CT molecular complexity index is 402. The van der Waals surface area contributed by atoms with Crippen molar-refractivity contribution >= 4 is 0 Å². The van der Waals surface area contributed by atoms with Gasteiger partial charge in [0, 0.05) is 6.04 Å². The average Bonchev–Trinajstić information content (AvgIpc) is 2.41. The van der Waals surface area contributed by atoms with Crippen molar-refractivity contribution in [2.45, 2.75) is 58.4 Å². The molecule has 1 N–H and O–H groups in total. The fourth-order valence-corrected chi connectivity index (χ4v) is 3.20. The minimum Gasteiger partial charge on any atom is -0.314 e. The largest absolute Gasteiger partial charge is 0.314 e. The normalized spacial score (nSPS) is 23.5. The van der Waals surface area contributed by atoms with Crippen molar-refractivity contribution in [2.24, 2.45) is 5.92 Å². The number of hydrogen-bond acceptors (Lipinski definition) is 1. The lowest BCUT2D eigenvalue weighted by molar-refractivity contribution is 0.280. The van der Waals surface area contributed by atoms with Crippen molar-refractivity contribution in [2.75, 3.05) is 6.54 Å². The van der Waals surface area contributed by atoms with E-state index in [1.807, 2.05) is 13.0 Å². The van der Waals surface area contributed by atoms with Gasteiger partial charge in [0.25, 0.3) is 0 Å². The first-order chi connectivity index (χ1) is 9.19. The van der Waals surface area contributed by atoms with Crippen LogP contribution < -0.4 is 5.32 Å². The number of halogens is 1. The van der Waals surface area contributed by atoms with Crippen molar-refractivity contribution in [3.8, 4) is 0 Å². The maximum absolute atomic E-state index is 13.0. The van der Waals surface area contributed by atoms with Gasteiger partial charge in [-0.25, -0.2) is 4.39 Å². The van der Waals surface area contributed by atoms with Gasteiger partial charge in [0.15, 0.2) is 0 Å². The molecular weight excluding hydrogens is 237 g/mol. The lowest BCUT2D eigenvalue weighted by Crippen LogP contribution is -2.35. The molecule has 0 bridgehead atoms. The van der Waals surface area contributed by atoms with Crippen LogP contribution in [0.4, 0.5) is 4.39 Å². The molecule has 1 aliphatic rings. The van der Waals surface area contributed by atoms with E-state index in [2.05, 4.69) is 12.2 Å². The highest BCUT2D eigenvalue weighted by Gasteiger charge is 2.19. The SMILES string of the molecule is CCC1CCCC(NCCc2ccc(F)cc2C)C1. The van der Waals surface area contributed by atoms with Crippen LogP contribution >= 0.6 is 0 Å². The van der Waals surface area contributed by atoms with Crippen LogP contribution in [0.25, 0.3) is 0 Å². The Morgan fingerprint density at radius 2 is 2.16 bits per heavy atom. The molecule has 0 heterocycles. The van der Waals surface area contributed by atoms with Crippen molar-refractivity contribution < 1.29 is 4.39 Å². The van der Waals surface area contributed by atoms with Crippen LogP contribution in [-0.2, 0) is 6.42 Å². The topological polar surface area (TPSA) is 12.0 Å². The second-order valence-electron chi connectivity index (χ2n) is 5.91. The third kappa shape index (κ3) is 4.31. The van der Waals surface area contributed by atoms with Gasteiger partial charge in [0.1, 0.15) is 5.82 Å². The Labute approximate surface area is 116 Å². The summed E-state index contributed by atoms with van der Waals surface area (Å²) in [6.07, 6.45) is 7.74. The van der Waals surface area contributed by atoms with Gasteiger partial charge in [-0.05, 0) is 61.9 Å². The van der Waals surface area contributed by atoms with E-state index >= 15 is 0 Å². The van der Waals surface area contributed by atoms with Crippen LogP contribution in [0.2, 0.25) is 0 Å². The van der Waals surface area contributed by atoms with Gasteiger partial charge in [-0.2, -0.15) is 0 Å². The number of rotatable bonds is 5. The molecule has 1 fully saturated rings. The highest BCUT2D eigenvalue weighted by atomic mass is 19.1. The van der Waals surface area contributed by atoms with E-state index in [9.17, 15) is 4.39 Å². The smallest absolute Gasteiger partial charge is 0.123 e. The number of benzene rings is 1. The molecule has 0 aliphatic heterocycles. The molecule has 106 valence electrons. The molecule has 1 aromatic carbocycles. The highest BCUT2D eigenvalue weighted by Crippen LogP contribution is 2.26. The monoisotopic (exact) mass is 263 g/mol. The highest BCUT2D eigenvalue weighted by molar-refractivity contribution is 5.26. The van der Waals surface area contributed by atoms with Gasteiger partial charge in [-0.3, -0.25) is 0 Å². The van der Waals surface area contributed by atoms with E-state index in [0.29, 0.717) is 6.04 Å². The summed E-state index contributed by atoms with van der Waals surface area (Å²) >= 11 is 0. The van der Waals surface area contributed by atoms with Crippen molar-refractivity contribution in [3.05, 3.63) is 35.1 Å². The summed E-state index contributed by atoms with van der Waals surface area (Å²) in [4.78, 5) is 0. The maximum atomic E-state index is 13.0. The molecule has 2 heteroatoms. The molecule has 19 heavy (non-hydrogen) atoms. The third-order valence-corrected chi connectivity index (χ3v) is 4.49. The first-order valence-electron chi connectivity index (χ1n) is 7.67. The Morgan fingerprint density at radius 3 is 2.89 bits per heavy atom. The van der Waals surface area contributed by atoms with Gasteiger partial charge in [-0.15, -0.1) is 0 Å². The number of nitrogens with one attached hydrogen (secondary N) is 1. The molecule has 0 aromatic heterocycles. The van der Waals surface area contributed by atoms with Crippen LogP contribution in [0.1, 0.15) is 50.2 Å². The number of hydrogen-bond donors (Lipinski definition) is 1. The summed E-state index contributed by atoms with van der Waals surface area (Å²) in [6.45, 7) is 5.30. The molecule has 1 saturated carbocycles. The van der Waals surface area contributed by atoms with E-state index in [-0.39, 0.29) is 5.82 Å². The fraction of sp³-hybridized carbons (Fsp3) is 0.647. The fourth-order valence-electron chi connectivity index (χ4n) is 3.20. The van der Waals surface area contributed by atoms with Crippen LogP contribution in [0.5, 0.6) is 0 Å². The van der Waals surface area contributed by atoms with E-state index in [4.69, 9.17) is 0 Å². The second-order valence-corrected chi connectivity index (χ2v) is 5.91. The minimum atomic E-state index is -0.132. The minimum absolute atomic E-state index is 0.132. The Morgan fingerprint density at radius 1 is 1.32 bits per heavy atom. The predicted octanol–water partition coefficient (Wildman–Crippen LogP) is 4.24. The molecular formula is C17H26FN. The quantitative estimate of drug-likeness (QED) is 0.838. The Balaban J connectivity index is 1.76. The molecule has 1 aromatic rings. The zero-order chi connectivity index (χ0) is 13.7. The average molecular weight is 263 g/mol. The molecule has 0 radical (unpaired) electrons. The molecule has 1 aliphatic carbocycles. The zero-order valence-electron chi connectivity index (χ0n) is 12.2. The van der Waals surface area contributed by atoms with Crippen molar-refractivity contribution in [1.82, 2.24) is 5.32 Å². The van der Waals surface area contributed by atoms with Crippen LogP contribution in [-0.4, -0.2) is 12.6 Å². The van der Waals surface area contributed by atoms with E-state index in [1.54, 1.807) is 12.1 Å². The maximum Gasteiger partial charge on any atom is 0.123 e. The van der Waals surface area contributed by atoms with E-state index in [1.165, 1.54) is 37.7 Å². The van der Waals surface area contributed by atoms with Gasteiger partial charge in [0.05, 0.1) is 0 Å². The van der Waals surface area contributed by atoms with Crippen LogP contribution in [0.15, 0.2) is 18.2 Å². The second kappa shape index (κ2) is 7.04. The van der Waals surface area contributed by atoms with Crippen LogP contribution in [0.3, 0.4) is 0 Å². The Kier molecular flexibility index (Phi) is 5.38.